The van der Waals surface area contributed by atoms with E-state index in [9.17, 15) is 0 Å². The van der Waals surface area contributed by atoms with Crippen LogP contribution in [0.3, 0.4) is 0 Å². The maximum atomic E-state index is 2.48. The maximum absolute atomic E-state index is 2.48. The van der Waals surface area contributed by atoms with Gasteiger partial charge in [0.15, 0.2) is 0 Å². The van der Waals surface area contributed by atoms with Crippen molar-refractivity contribution in [2.24, 2.45) is 0 Å². The zero-order valence-electron chi connectivity index (χ0n) is 28.2. The summed E-state index contributed by atoms with van der Waals surface area (Å²) in [7, 11) is 0. The van der Waals surface area contributed by atoms with Crippen molar-refractivity contribution < 1.29 is 0 Å². The first-order chi connectivity index (χ1) is 24.6. The average Bonchev–Trinajstić information content (AvgIpc) is 3.62. The molecule has 1 nitrogen and oxygen atoms in total. The van der Waals surface area contributed by atoms with Crippen LogP contribution in [0.5, 0.6) is 0 Å². The number of anilines is 3. The molecule has 1 heteroatoms. The minimum absolute atomic E-state index is 0.0729. The van der Waals surface area contributed by atoms with Gasteiger partial charge in [0.1, 0.15) is 0 Å². The molecule has 0 N–H and O–H groups in total. The molecule has 2 aliphatic carbocycles. The third-order valence-electron chi connectivity index (χ3n) is 11.0. The Morgan fingerprint density at radius 1 is 0.360 bits per heavy atom. The second kappa shape index (κ2) is 10.9. The topological polar surface area (TPSA) is 3.24 Å². The highest BCUT2D eigenvalue weighted by atomic mass is 15.1. The Labute approximate surface area is 293 Å². The van der Waals surface area contributed by atoms with E-state index >= 15 is 0 Å². The summed E-state index contributed by atoms with van der Waals surface area (Å²) in [5.41, 5.74) is 19.0. The normalized spacial score (nSPS) is 13.2. The maximum Gasteiger partial charge on any atom is 0.0540 e. The first kappa shape index (κ1) is 28.8. The molecule has 0 saturated heterocycles. The third-order valence-corrected chi connectivity index (χ3v) is 11.0. The molecule has 0 aliphatic heterocycles. The van der Waals surface area contributed by atoms with Gasteiger partial charge in [-0.15, -0.1) is 0 Å². The van der Waals surface area contributed by atoms with E-state index in [0.717, 1.165) is 11.4 Å². The van der Waals surface area contributed by atoms with Crippen LogP contribution in [0.2, 0.25) is 0 Å². The minimum atomic E-state index is -0.0729. The molecule has 0 atom stereocenters. The Morgan fingerprint density at radius 2 is 0.920 bits per heavy atom. The largest absolute Gasteiger partial charge is 0.309 e. The van der Waals surface area contributed by atoms with Gasteiger partial charge in [-0.2, -0.15) is 0 Å². The molecule has 0 bridgehead atoms. The lowest BCUT2D eigenvalue weighted by molar-refractivity contribution is 0.660. The van der Waals surface area contributed by atoms with Gasteiger partial charge in [0.2, 0.25) is 0 Å². The number of benzene rings is 8. The van der Waals surface area contributed by atoms with Gasteiger partial charge in [-0.25, -0.2) is 0 Å². The molecule has 2 aliphatic rings. The second-order valence-corrected chi connectivity index (χ2v) is 14.1. The number of hydrogen-bond acceptors (Lipinski definition) is 1. The van der Waals surface area contributed by atoms with Crippen LogP contribution in [0.15, 0.2) is 176 Å². The van der Waals surface area contributed by atoms with Crippen molar-refractivity contribution in [2.45, 2.75) is 19.3 Å². The molecule has 0 unspecified atom stereocenters. The number of para-hydroxylation sites is 1. The highest BCUT2D eigenvalue weighted by Crippen LogP contribution is 2.53. The van der Waals surface area contributed by atoms with Gasteiger partial charge in [-0.3, -0.25) is 0 Å². The van der Waals surface area contributed by atoms with Crippen LogP contribution in [0.4, 0.5) is 17.1 Å². The van der Waals surface area contributed by atoms with E-state index in [1.165, 1.54) is 83.2 Å². The van der Waals surface area contributed by atoms with Gasteiger partial charge in [-0.05, 0) is 96.9 Å². The predicted molar refractivity (Wildman–Crippen MR) is 211 cm³/mol. The van der Waals surface area contributed by atoms with Crippen molar-refractivity contribution >= 4 is 27.8 Å². The van der Waals surface area contributed by atoms with Gasteiger partial charge >= 0.3 is 0 Å². The van der Waals surface area contributed by atoms with E-state index < -0.39 is 0 Å². The van der Waals surface area contributed by atoms with E-state index in [1.54, 1.807) is 0 Å². The van der Waals surface area contributed by atoms with E-state index in [4.69, 9.17) is 0 Å². The van der Waals surface area contributed by atoms with Crippen LogP contribution in [0, 0.1) is 0 Å². The molecule has 0 aromatic heterocycles. The monoisotopic (exact) mass is 637 g/mol. The first-order valence-electron chi connectivity index (χ1n) is 17.5. The quantitative estimate of drug-likeness (QED) is 0.181. The molecule has 0 fully saturated rings. The minimum Gasteiger partial charge on any atom is -0.309 e. The van der Waals surface area contributed by atoms with Crippen molar-refractivity contribution in [3.8, 4) is 55.6 Å². The summed E-state index contributed by atoms with van der Waals surface area (Å²) in [4.78, 5) is 2.48. The Kier molecular flexibility index (Phi) is 6.29. The lowest BCUT2D eigenvalue weighted by Gasteiger charge is -2.30. The third kappa shape index (κ3) is 4.20. The fraction of sp³-hybridized carbons (Fsp3) is 0.0612. The molecule has 0 radical (unpaired) electrons. The van der Waals surface area contributed by atoms with Gasteiger partial charge in [0.05, 0.1) is 11.4 Å². The molecule has 0 heterocycles. The van der Waals surface area contributed by atoms with Crippen LogP contribution in [-0.4, -0.2) is 0 Å². The summed E-state index contributed by atoms with van der Waals surface area (Å²) >= 11 is 0. The van der Waals surface area contributed by atoms with E-state index in [-0.39, 0.29) is 5.41 Å². The average molecular weight is 638 g/mol. The van der Waals surface area contributed by atoms with Gasteiger partial charge in [0.25, 0.3) is 0 Å². The molecular formula is C49H35N. The Morgan fingerprint density at radius 3 is 1.70 bits per heavy atom. The summed E-state index contributed by atoms with van der Waals surface area (Å²) in [5.74, 6) is 0. The summed E-state index contributed by atoms with van der Waals surface area (Å²) in [6, 6.07) is 64.9. The SMILES string of the molecule is CC1(C)c2ccccc2-c2ccc(-c3ccccc3N(c3ccc(-c4ccccc4)cc3)c3ccc4c5c(cccc35)-c3ccccc3-4)cc21. The molecular weight excluding hydrogens is 603 g/mol. The van der Waals surface area contributed by atoms with Crippen molar-refractivity contribution in [2.75, 3.05) is 4.90 Å². The first-order valence-corrected chi connectivity index (χ1v) is 17.5. The summed E-state index contributed by atoms with van der Waals surface area (Å²) < 4.78 is 0. The van der Waals surface area contributed by atoms with Gasteiger partial charge in [-0.1, -0.05) is 159 Å². The van der Waals surface area contributed by atoms with Crippen LogP contribution in [0.1, 0.15) is 25.0 Å². The Hall–Kier alpha value is -6.18. The number of hydrogen-bond donors (Lipinski definition) is 0. The molecule has 8 aromatic carbocycles. The Bertz CT molecular complexity index is 2580. The van der Waals surface area contributed by atoms with Crippen molar-refractivity contribution in [1.29, 1.82) is 0 Å². The number of rotatable bonds is 5. The fourth-order valence-electron chi connectivity index (χ4n) is 8.61. The van der Waals surface area contributed by atoms with Gasteiger partial charge < -0.3 is 4.90 Å². The molecule has 0 saturated carbocycles. The predicted octanol–water partition coefficient (Wildman–Crippen LogP) is 13.6. The van der Waals surface area contributed by atoms with Crippen molar-refractivity contribution in [3.05, 3.63) is 187 Å². The Balaban J connectivity index is 1.19. The second-order valence-electron chi connectivity index (χ2n) is 14.1. The summed E-state index contributed by atoms with van der Waals surface area (Å²) in [6.07, 6.45) is 0. The zero-order chi connectivity index (χ0) is 33.4. The summed E-state index contributed by atoms with van der Waals surface area (Å²) in [6.45, 7) is 4.72. The standard InChI is InChI=1S/C49H35N/c1-49(2)44-21-10-8-18-39(44)40-28-25-34(31-45(40)49)36-15-9-11-22-46(36)50(35-26-23-33(24-27-35)32-13-4-3-5-14-32)47-30-29-42-38-17-7-6-16-37(38)41-19-12-20-43(47)48(41)42/h3-31H,1-2H3. The summed E-state index contributed by atoms with van der Waals surface area (Å²) in [5, 5.41) is 2.58. The molecule has 50 heavy (non-hydrogen) atoms. The van der Waals surface area contributed by atoms with Gasteiger partial charge in [0, 0.05) is 22.1 Å². The van der Waals surface area contributed by atoms with Crippen LogP contribution >= 0.6 is 0 Å². The van der Waals surface area contributed by atoms with Crippen molar-refractivity contribution in [1.82, 2.24) is 0 Å². The smallest absolute Gasteiger partial charge is 0.0540 e. The molecule has 0 spiro atoms. The number of fused-ring (bicyclic) bond motifs is 6. The number of nitrogens with zero attached hydrogens (tertiary/aromatic N) is 1. The van der Waals surface area contributed by atoms with Crippen LogP contribution < -0.4 is 4.90 Å². The molecule has 236 valence electrons. The molecule has 8 aromatic rings. The van der Waals surface area contributed by atoms with Crippen molar-refractivity contribution in [3.63, 3.8) is 0 Å². The molecule has 0 amide bonds. The van der Waals surface area contributed by atoms with E-state index in [1.807, 2.05) is 0 Å². The lowest BCUT2D eigenvalue weighted by atomic mass is 9.81. The molecule has 10 rings (SSSR count). The van der Waals surface area contributed by atoms with E-state index in [0.29, 0.717) is 0 Å². The highest BCUT2D eigenvalue weighted by molar-refractivity contribution is 6.19. The van der Waals surface area contributed by atoms with Crippen LogP contribution in [0.25, 0.3) is 66.4 Å². The zero-order valence-corrected chi connectivity index (χ0v) is 28.2. The fourth-order valence-corrected chi connectivity index (χ4v) is 8.61. The lowest BCUT2D eigenvalue weighted by Crippen LogP contribution is -2.15. The van der Waals surface area contributed by atoms with E-state index in [2.05, 4.69) is 195 Å². The van der Waals surface area contributed by atoms with Crippen LogP contribution in [-0.2, 0) is 5.41 Å². The highest BCUT2D eigenvalue weighted by Gasteiger charge is 2.35.